The quantitative estimate of drug-likeness (QED) is 0.779. The molecule has 1 aromatic carbocycles. The molecule has 6 nitrogen and oxygen atoms in total. The standard InChI is InChI=1S/C21H32N4O2S/c1-16-12-17(2)14-25(13-16)20(26)15-23-8-10-24(11-9-23)21(28)22-18-4-6-19(27-3)7-5-18/h4-7,16-17H,8-15H2,1-3H3,(H,22,28)/t16-,17-/m0/s1. The molecule has 2 fully saturated rings. The summed E-state index contributed by atoms with van der Waals surface area (Å²) in [5, 5.41) is 4.02. The maximum atomic E-state index is 12.7. The Balaban J connectivity index is 1.43. The first-order valence-corrected chi connectivity index (χ1v) is 10.6. The van der Waals surface area contributed by atoms with Gasteiger partial charge in [-0.3, -0.25) is 9.69 Å². The average Bonchev–Trinajstić information content (AvgIpc) is 2.68. The molecule has 0 spiro atoms. The van der Waals surface area contributed by atoms with E-state index in [0.717, 1.165) is 55.8 Å². The van der Waals surface area contributed by atoms with Crippen LogP contribution in [0.15, 0.2) is 24.3 Å². The molecule has 154 valence electrons. The number of nitrogens with one attached hydrogen (secondary N) is 1. The maximum absolute atomic E-state index is 12.7. The lowest BCUT2D eigenvalue weighted by Gasteiger charge is -2.39. The summed E-state index contributed by atoms with van der Waals surface area (Å²) in [5.41, 5.74) is 0.955. The molecule has 0 radical (unpaired) electrons. The fourth-order valence-electron chi connectivity index (χ4n) is 4.14. The zero-order chi connectivity index (χ0) is 20.1. The maximum Gasteiger partial charge on any atom is 0.236 e. The Hall–Kier alpha value is -1.86. The largest absolute Gasteiger partial charge is 0.497 e. The highest BCUT2D eigenvalue weighted by molar-refractivity contribution is 7.80. The van der Waals surface area contributed by atoms with Gasteiger partial charge in [0.05, 0.1) is 13.7 Å². The number of hydrogen-bond donors (Lipinski definition) is 1. The number of ether oxygens (including phenoxy) is 1. The summed E-state index contributed by atoms with van der Waals surface area (Å²) in [7, 11) is 1.66. The highest BCUT2D eigenvalue weighted by Crippen LogP contribution is 2.21. The molecule has 0 aliphatic carbocycles. The number of carbonyl (C=O) groups is 1. The normalized spacial score (nSPS) is 23.4. The van der Waals surface area contributed by atoms with Crippen LogP contribution in [0.3, 0.4) is 0 Å². The number of hydrogen-bond acceptors (Lipinski definition) is 4. The minimum Gasteiger partial charge on any atom is -0.497 e. The molecule has 0 saturated carbocycles. The summed E-state index contributed by atoms with van der Waals surface area (Å²) in [6.45, 7) is 10.2. The van der Waals surface area contributed by atoms with Crippen molar-refractivity contribution < 1.29 is 9.53 Å². The van der Waals surface area contributed by atoms with Crippen LogP contribution in [-0.2, 0) is 4.79 Å². The van der Waals surface area contributed by atoms with E-state index in [4.69, 9.17) is 17.0 Å². The highest BCUT2D eigenvalue weighted by atomic mass is 32.1. The Morgan fingerprint density at radius 1 is 1.07 bits per heavy atom. The van der Waals surface area contributed by atoms with Crippen LogP contribution < -0.4 is 10.1 Å². The highest BCUT2D eigenvalue weighted by Gasteiger charge is 2.27. The molecule has 2 atom stereocenters. The van der Waals surface area contributed by atoms with E-state index in [-0.39, 0.29) is 5.91 Å². The molecule has 2 saturated heterocycles. The number of carbonyl (C=O) groups excluding carboxylic acids is 1. The van der Waals surface area contributed by atoms with Crippen LogP contribution in [0.25, 0.3) is 0 Å². The predicted octanol–water partition coefficient (Wildman–Crippen LogP) is 2.51. The molecule has 2 aliphatic rings. The van der Waals surface area contributed by atoms with Crippen LogP contribution in [0.4, 0.5) is 5.69 Å². The molecule has 0 unspecified atom stereocenters. The van der Waals surface area contributed by atoms with Crippen LogP contribution in [0, 0.1) is 11.8 Å². The van der Waals surface area contributed by atoms with Crippen molar-refractivity contribution in [1.29, 1.82) is 0 Å². The Bertz CT molecular complexity index is 663. The summed E-state index contributed by atoms with van der Waals surface area (Å²) in [5.74, 6) is 2.30. The fraction of sp³-hybridized carbons (Fsp3) is 0.619. The van der Waals surface area contributed by atoms with E-state index in [1.54, 1.807) is 7.11 Å². The fourth-order valence-corrected chi connectivity index (χ4v) is 4.44. The van der Waals surface area contributed by atoms with Crippen LogP contribution in [0.5, 0.6) is 5.75 Å². The van der Waals surface area contributed by atoms with Gasteiger partial charge in [0, 0.05) is 45.0 Å². The zero-order valence-corrected chi connectivity index (χ0v) is 18.0. The lowest BCUT2D eigenvalue weighted by Crippen LogP contribution is -2.53. The topological polar surface area (TPSA) is 48.1 Å². The molecule has 3 rings (SSSR count). The molecule has 1 N–H and O–H groups in total. The summed E-state index contributed by atoms with van der Waals surface area (Å²) >= 11 is 5.56. The van der Waals surface area contributed by atoms with Gasteiger partial charge in [-0.25, -0.2) is 0 Å². The first-order valence-electron chi connectivity index (χ1n) is 10.1. The van der Waals surface area contributed by atoms with Crippen molar-refractivity contribution in [2.24, 2.45) is 11.8 Å². The van der Waals surface area contributed by atoms with E-state index in [2.05, 4.69) is 33.9 Å². The first kappa shape index (κ1) is 20.9. The third-order valence-corrected chi connectivity index (χ3v) is 5.94. The van der Waals surface area contributed by atoms with Crippen LogP contribution in [-0.4, -0.2) is 78.6 Å². The van der Waals surface area contributed by atoms with Crippen molar-refractivity contribution in [3.63, 3.8) is 0 Å². The van der Waals surface area contributed by atoms with Gasteiger partial charge in [-0.2, -0.15) is 0 Å². The van der Waals surface area contributed by atoms with Crippen LogP contribution in [0.2, 0.25) is 0 Å². The van der Waals surface area contributed by atoms with Gasteiger partial charge in [0.25, 0.3) is 0 Å². The summed E-state index contributed by atoms with van der Waals surface area (Å²) < 4.78 is 5.18. The van der Waals surface area contributed by atoms with E-state index in [9.17, 15) is 4.79 Å². The van der Waals surface area contributed by atoms with E-state index in [1.807, 2.05) is 24.3 Å². The second kappa shape index (κ2) is 9.56. The summed E-state index contributed by atoms with van der Waals surface area (Å²) in [6.07, 6.45) is 1.22. The number of methoxy groups -OCH3 is 1. The van der Waals surface area contributed by atoms with Crippen molar-refractivity contribution >= 4 is 28.9 Å². The Morgan fingerprint density at radius 2 is 1.68 bits per heavy atom. The van der Waals surface area contributed by atoms with Gasteiger partial charge in [-0.1, -0.05) is 13.8 Å². The lowest BCUT2D eigenvalue weighted by molar-refractivity contribution is -0.135. The van der Waals surface area contributed by atoms with Crippen molar-refractivity contribution in [2.75, 3.05) is 58.2 Å². The SMILES string of the molecule is COc1ccc(NC(=S)N2CCN(CC(=O)N3C[C@@H](C)C[C@H](C)C3)CC2)cc1. The number of anilines is 1. The minimum atomic E-state index is 0.269. The number of piperidine rings is 1. The second-order valence-electron chi connectivity index (χ2n) is 8.17. The number of thiocarbonyl (C=S) groups is 1. The number of nitrogens with zero attached hydrogens (tertiary/aromatic N) is 3. The number of piperazine rings is 1. The minimum absolute atomic E-state index is 0.269. The van der Waals surface area contributed by atoms with Crippen LogP contribution >= 0.6 is 12.2 Å². The molecule has 2 aliphatic heterocycles. The van der Waals surface area contributed by atoms with Gasteiger partial charge in [0.1, 0.15) is 5.75 Å². The number of rotatable bonds is 4. The van der Waals surface area contributed by atoms with Crippen LogP contribution in [0.1, 0.15) is 20.3 Å². The first-order chi connectivity index (χ1) is 13.4. The van der Waals surface area contributed by atoms with Gasteiger partial charge < -0.3 is 19.9 Å². The van der Waals surface area contributed by atoms with E-state index in [0.29, 0.717) is 18.4 Å². The zero-order valence-electron chi connectivity index (χ0n) is 17.2. The van der Waals surface area contributed by atoms with E-state index in [1.165, 1.54) is 6.42 Å². The molecular weight excluding hydrogens is 372 g/mol. The molecule has 28 heavy (non-hydrogen) atoms. The molecule has 0 bridgehead atoms. The summed E-state index contributed by atoms with van der Waals surface area (Å²) in [4.78, 5) is 19.2. The molecule has 1 amide bonds. The lowest BCUT2D eigenvalue weighted by atomic mass is 9.92. The second-order valence-corrected chi connectivity index (χ2v) is 8.55. The number of likely N-dealkylation sites (tertiary alicyclic amines) is 1. The number of benzene rings is 1. The van der Waals surface area contributed by atoms with Crippen molar-refractivity contribution in [1.82, 2.24) is 14.7 Å². The molecular formula is C21H32N4O2S. The molecule has 0 aromatic heterocycles. The molecule has 2 heterocycles. The van der Waals surface area contributed by atoms with Gasteiger partial charge in [-0.15, -0.1) is 0 Å². The Kier molecular flexibility index (Phi) is 7.13. The molecule has 1 aromatic rings. The monoisotopic (exact) mass is 404 g/mol. The van der Waals surface area contributed by atoms with Gasteiger partial charge >= 0.3 is 0 Å². The van der Waals surface area contributed by atoms with Gasteiger partial charge in [-0.05, 0) is 54.7 Å². The van der Waals surface area contributed by atoms with Crippen molar-refractivity contribution in [3.8, 4) is 5.75 Å². The third kappa shape index (κ3) is 5.58. The van der Waals surface area contributed by atoms with E-state index < -0.39 is 0 Å². The van der Waals surface area contributed by atoms with Gasteiger partial charge in [0.2, 0.25) is 5.91 Å². The molecule has 7 heteroatoms. The smallest absolute Gasteiger partial charge is 0.236 e. The van der Waals surface area contributed by atoms with E-state index >= 15 is 0 Å². The van der Waals surface area contributed by atoms with Gasteiger partial charge in [0.15, 0.2) is 5.11 Å². The third-order valence-electron chi connectivity index (χ3n) is 5.58. The number of amides is 1. The van der Waals surface area contributed by atoms with Crippen molar-refractivity contribution in [3.05, 3.63) is 24.3 Å². The Morgan fingerprint density at radius 3 is 2.25 bits per heavy atom. The average molecular weight is 405 g/mol. The Labute approximate surface area is 173 Å². The predicted molar refractivity (Wildman–Crippen MR) is 117 cm³/mol. The van der Waals surface area contributed by atoms with Crippen molar-refractivity contribution in [2.45, 2.75) is 20.3 Å². The summed E-state index contributed by atoms with van der Waals surface area (Å²) in [6, 6.07) is 7.74.